The molecular weight excluding hydrogens is 178 g/mol. The minimum Gasteiger partial charge on any atom is -0.356 e. The van der Waals surface area contributed by atoms with Crippen molar-refractivity contribution in [3.63, 3.8) is 0 Å². The van der Waals surface area contributed by atoms with E-state index in [1.54, 1.807) is 0 Å². The first-order valence-electron chi connectivity index (χ1n) is 4.97. The summed E-state index contributed by atoms with van der Waals surface area (Å²) >= 11 is 0. The molecule has 1 N–H and O–H groups in total. The number of aromatic nitrogens is 2. The van der Waals surface area contributed by atoms with Gasteiger partial charge in [0.1, 0.15) is 0 Å². The number of hydrogen-bond acceptors (Lipinski definition) is 2. The van der Waals surface area contributed by atoms with Gasteiger partial charge in [0.05, 0.1) is 12.0 Å². The third kappa shape index (κ3) is 3.60. The maximum Gasteiger partial charge on any atom is 0.216 e. The number of nitrogens with one attached hydrogen (secondary N) is 1. The lowest BCUT2D eigenvalue weighted by Crippen LogP contribution is -2.22. The highest BCUT2D eigenvalue weighted by molar-refractivity contribution is 5.72. The molecule has 0 aromatic carbocycles. The molecule has 0 unspecified atom stereocenters. The standard InChI is InChI=1S/C10H17N3O/c1-3-6-13-7-10(12-8-13)4-5-11-9(2)14/h7-8H,3-6H2,1-2H3,(H,11,14). The molecule has 4 nitrogen and oxygen atoms in total. The first-order chi connectivity index (χ1) is 6.72. The molecule has 0 aliphatic heterocycles. The maximum atomic E-state index is 10.6. The molecule has 0 fully saturated rings. The largest absolute Gasteiger partial charge is 0.356 e. The molecule has 1 rings (SSSR count). The number of nitrogens with zero attached hydrogens (tertiary/aromatic N) is 2. The SMILES string of the molecule is CCCn1cnc(CCNC(C)=O)c1. The summed E-state index contributed by atoms with van der Waals surface area (Å²) in [5, 5.41) is 2.75. The third-order valence-electron chi connectivity index (χ3n) is 1.92. The van der Waals surface area contributed by atoms with Crippen LogP contribution in [0.5, 0.6) is 0 Å². The maximum absolute atomic E-state index is 10.6. The zero-order valence-corrected chi connectivity index (χ0v) is 8.79. The molecule has 0 saturated carbocycles. The third-order valence-corrected chi connectivity index (χ3v) is 1.92. The molecule has 0 spiro atoms. The van der Waals surface area contributed by atoms with Gasteiger partial charge in [-0.25, -0.2) is 4.98 Å². The quantitative estimate of drug-likeness (QED) is 0.761. The number of imidazole rings is 1. The van der Waals surface area contributed by atoms with Crippen LogP contribution in [0.2, 0.25) is 0 Å². The van der Waals surface area contributed by atoms with Crippen molar-refractivity contribution in [2.24, 2.45) is 0 Å². The summed E-state index contributed by atoms with van der Waals surface area (Å²) in [5.41, 5.74) is 1.03. The average Bonchev–Trinajstić information content (AvgIpc) is 2.53. The van der Waals surface area contributed by atoms with Gasteiger partial charge in [-0.3, -0.25) is 4.79 Å². The Bertz CT molecular complexity index is 293. The van der Waals surface area contributed by atoms with Gasteiger partial charge in [-0.1, -0.05) is 6.92 Å². The minimum absolute atomic E-state index is 0.0120. The van der Waals surface area contributed by atoms with Gasteiger partial charge in [0.25, 0.3) is 0 Å². The number of aryl methyl sites for hydroxylation is 1. The second-order valence-corrected chi connectivity index (χ2v) is 3.34. The minimum atomic E-state index is 0.0120. The average molecular weight is 195 g/mol. The molecule has 0 aliphatic carbocycles. The zero-order valence-electron chi connectivity index (χ0n) is 8.79. The number of carbonyl (C=O) groups is 1. The highest BCUT2D eigenvalue weighted by Crippen LogP contribution is 1.97. The molecule has 1 aromatic heterocycles. The number of rotatable bonds is 5. The van der Waals surface area contributed by atoms with Crippen LogP contribution in [0.1, 0.15) is 26.0 Å². The van der Waals surface area contributed by atoms with Gasteiger partial charge in [-0.05, 0) is 6.42 Å². The van der Waals surface area contributed by atoms with Crippen molar-refractivity contribution in [1.82, 2.24) is 14.9 Å². The van der Waals surface area contributed by atoms with Crippen LogP contribution in [-0.2, 0) is 17.8 Å². The highest BCUT2D eigenvalue weighted by Gasteiger charge is 1.98. The molecule has 0 aliphatic rings. The molecule has 1 amide bonds. The van der Waals surface area contributed by atoms with Gasteiger partial charge in [0, 0.05) is 32.6 Å². The van der Waals surface area contributed by atoms with Gasteiger partial charge in [0.15, 0.2) is 0 Å². The fourth-order valence-corrected chi connectivity index (χ4v) is 1.28. The van der Waals surface area contributed by atoms with E-state index in [-0.39, 0.29) is 5.91 Å². The predicted octanol–water partition coefficient (Wildman–Crippen LogP) is 0.972. The van der Waals surface area contributed by atoms with E-state index in [1.807, 2.05) is 12.5 Å². The second-order valence-electron chi connectivity index (χ2n) is 3.34. The van der Waals surface area contributed by atoms with E-state index >= 15 is 0 Å². The van der Waals surface area contributed by atoms with Crippen molar-refractivity contribution < 1.29 is 4.79 Å². The van der Waals surface area contributed by atoms with Crippen LogP contribution in [-0.4, -0.2) is 22.0 Å². The van der Waals surface area contributed by atoms with Crippen LogP contribution < -0.4 is 5.32 Å². The summed E-state index contributed by atoms with van der Waals surface area (Å²) in [7, 11) is 0. The van der Waals surface area contributed by atoms with Gasteiger partial charge in [-0.2, -0.15) is 0 Å². The molecule has 0 atom stereocenters. The lowest BCUT2D eigenvalue weighted by molar-refractivity contribution is -0.118. The summed E-state index contributed by atoms with van der Waals surface area (Å²) < 4.78 is 2.07. The second kappa shape index (κ2) is 5.42. The first kappa shape index (κ1) is 10.8. The lowest BCUT2D eigenvalue weighted by atomic mass is 10.3. The van der Waals surface area contributed by atoms with Crippen molar-refractivity contribution in [3.05, 3.63) is 18.2 Å². The highest BCUT2D eigenvalue weighted by atomic mass is 16.1. The Morgan fingerprint density at radius 1 is 1.64 bits per heavy atom. The predicted molar refractivity (Wildman–Crippen MR) is 54.9 cm³/mol. The Labute approximate surface area is 84.3 Å². The van der Waals surface area contributed by atoms with Crippen molar-refractivity contribution in [2.75, 3.05) is 6.54 Å². The number of carbonyl (C=O) groups excluding carboxylic acids is 1. The van der Waals surface area contributed by atoms with E-state index in [0.717, 1.165) is 25.1 Å². The summed E-state index contributed by atoms with van der Waals surface area (Å²) in [6.45, 7) is 5.33. The Hall–Kier alpha value is -1.32. The van der Waals surface area contributed by atoms with E-state index in [4.69, 9.17) is 0 Å². The molecule has 0 saturated heterocycles. The normalized spacial score (nSPS) is 10.1. The fraction of sp³-hybridized carbons (Fsp3) is 0.600. The first-order valence-corrected chi connectivity index (χ1v) is 4.97. The zero-order chi connectivity index (χ0) is 10.4. The number of hydrogen-bond donors (Lipinski definition) is 1. The van der Waals surface area contributed by atoms with E-state index < -0.39 is 0 Å². The molecule has 14 heavy (non-hydrogen) atoms. The molecule has 1 aromatic rings. The van der Waals surface area contributed by atoms with Gasteiger partial charge >= 0.3 is 0 Å². The Morgan fingerprint density at radius 2 is 2.43 bits per heavy atom. The summed E-state index contributed by atoms with van der Waals surface area (Å²) in [6, 6.07) is 0. The summed E-state index contributed by atoms with van der Waals surface area (Å²) in [5.74, 6) is 0.0120. The van der Waals surface area contributed by atoms with E-state index in [0.29, 0.717) is 6.54 Å². The van der Waals surface area contributed by atoms with Crippen LogP contribution in [0, 0.1) is 0 Å². The van der Waals surface area contributed by atoms with Crippen molar-refractivity contribution in [3.8, 4) is 0 Å². The van der Waals surface area contributed by atoms with Gasteiger partial charge in [0.2, 0.25) is 5.91 Å². The van der Waals surface area contributed by atoms with Gasteiger partial charge in [-0.15, -0.1) is 0 Å². The molecule has 0 bridgehead atoms. The van der Waals surface area contributed by atoms with Crippen molar-refractivity contribution in [1.29, 1.82) is 0 Å². The number of amides is 1. The molecule has 78 valence electrons. The molecule has 0 radical (unpaired) electrons. The van der Waals surface area contributed by atoms with Crippen LogP contribution in [0.15, 0.2) is 12.5 Å². The van der Waals surface area contributed by atoms with E-state index in [1.165, 1.54) is 6.92 Å². The molecular formula is C10H17N3O. The fourth-order valence-electron chi connectivity index (χ4n) is 1.28. The summed E-state index contributed by atoms with van der Waals surface area (Å²) in [6.07, 6.45) is 5.79. The molecule has 1 heterocycles. The Balaban J connectivity index is 2.32. The summed E-state index contributed by atoms with van der Waals surface area (Å²) in [4.78, 5) is 14.8. The van der Waals surface area contributed by atoms with Crippen LogP contribution in [0.25, 0.3) is 0 Å². The van der Waals surface area contributed by atoms with Crippen molar-refractivity contribution in [2.45, 2.75) is 33.2 Å². The van der Waals surface area contributed by atoms with Gasteiger partial charge < -0.3 is 9.88 Å². The van der Waals surface area contributed by atoms with E-state index in [2.05, 4.69) is 21.8 Å². The Kier molecular flexibility index (Phi) is 4.16. The van der Waals surface area contributed by atoms with Crippen LogP contribution >= 0.6 is 0 Å². The van der Waals surface area contributed by atoms with Crippen LogP contribution in [0.3, 0.4) is 0 Å². The lowest BCUT2D eigenvalue weighted by Gasteiger charge is -1.98. The van der Waals surface area contributed by atoms with E-state index in [9.17, 15) is 4.79 Å². The Morgan fingerprint density at radius 3 is 3.07 bits per heavy atom. The van der Waals surface area contributed by atoms with Crippen LogP contribution in [0.4, 0.5) is 0 Å². The smallest absolute Gasteiger partial charge is 0.216 e. The van der Waals surface area contributed by atoms with Crippen molar-refractivity contribution >= 4 is 5.91 Å². The monoisotopic (exact) mass is 195 g/mol. The topological polar surface area (TPSA) is 46.9 Å². The molecule has 4 heteroatoms.